The molecule has 2 rings (SSSR count). The van der Waals surface area contributed by atoms with Gasteiger partial charge in [-0.15, -0.1) is 0 Å². The van der Waals surface area contributed by atoms with Crippen molar-refractivity contribution in [2.45, 2.75) is 19.5 Å². The molecule has 0 aliphatic rings. The Morgan fingerprint density at radius 1 is 0.864 bits per heavy atom. The number of methoxy groups -OCH3 is 3. The summed E-state index contributed by atoms with van der Waals surface area (Å²) in [6.45, 7) is 2.82. The monoisotopic (exact) mass is 301 g/mol. The molecule has 0 spiro atoms. The van der Waals surface area contributed by atoms with Crippen LogP contribution in [0.15, 0.2) is 42.5 Å². The SMILES string of the molecule is COc1ccc(CN[C@@H](C)c2ccccc2)c(OC)c1OC. The van der Waals surface area contributed by atoms with Gasteiger partial charge in [-0.3, -0.25) is 0 Å². The number of hydrogen-bond acceptors (Lipinski definition) is 4. The predicted octanol–water partition coefficient (Wildman–Crippen LogP) is 3.56. The number of hydrogen-bond donors (Lipinski definition) is 1. The van der Waals surface area contributed by atoms with Crippen molar-refractivity contribution < 1.29 is 14.2 Å². The van der Waals surface area contributed by atoms with Crippen LogP contribution in [0.5, 0.6) is 17.2 Å². The molecule has 118 valence electrons. The zero-order valence-electron chi connectivity index (χ0n) is 13.6. The molecule has 1 N–H and O–H groups in total. The third-order valence-corrected chi connectivity index (χ3v) is 3.68. The summed E-state index contributed by atoms with van der Waals surface area (Å²) in [5.41, 5.74) is 2.28. The van der Waals surface area contributed by atoms with Gasteiger partial charge in [-0.05, 0) is 18.6 Å². The van der Waals surface area contributed by atoms with Crippen molar-refractivity contribution in [2.24, 2.45) is 0 Å². The Morgan fingerprint density at radius 2 is 1.55 bits per heavy atom. The molecule has 0 unspecified atom stereocenters. The van der Waals surface area contributed by atoms with Gasteiger partial charge >= 0.3 is 0 Å². The first kappa shape index (κ1) is 16.2. The minimum absolute atomic E-state index is 0.249. The topological polar surface area (TPSA) is 39.7 Å². The molecule has 2 aromatic rings. The van der Waals surface area contributed by atoms with Crippen molar-refractivity contribution in [3.63, 3.8) is 0 Å². The van der Waals surface area contributed by atoms with Gasteiger partial charge in [0.2, 0.25) is 5.75 Å². The minimum Gasteiger partial charge on any atom is -0.493 e. The van der Waals surface area contributed by atoms with Crippen LogP contribution in [0.3, 0.4) is 0 Å². The lowest BCUT2D eigenvalue weighted by atomic mass is 10.1. The van der Waals surface area contributed by atoms with E-state index in [-0.39, 0.29) is 6.04 Å². The van der Waals surface area contributed by atoms with E-state index in [2.05, 4.69) is 24.4 Å². The van der Waals surface area contributed by atoms with Crippen LogP contribution in [-0.2, 0) is 6.54 Å². The van der Waals surface area contributed by atoms with E-state index in [0.717, 1.165) is 5.56 Å². The van der Waals surface area contributed by atoms with Crippen molar-refractivity contribution in [2.75, 3.05) is 21.3 Å². The van der Waals surface area contributed by atoms with Crippen molar-refractivity contribution >= 4 is 0 Å². The van der Waals surface area contributed by atoms with Gasteiger partial charge in [-0.2, -0.15) is 0 Å². The smallest absolute Gasteiger partial charge is 0.203 e. The van der Waals surface area contributed by atoms with Gasteiger partial charge in [-0.1, -0.05) is 36.4 Å². The average molecular weight is 301 g/mol. The van der Waals surface area contributed by atoms with Crippen molar-refractivity contribution in [3.8, 4) is 17.2 Å². The lowest BCUT2D eigenvalue weighted by Gasteiger charge is -2.18. The maximum absolute atomic E-state index is 5.50. The molecule has 0 radical (unpaired) electrons. The number of rotatable bonds is 7. The highest BCUT2D eigenvalue weighted by Gasteiger charge is 2.16. The van der Waals surface area contributed by atoms with Gasteiger partial charge < -0.3 is 19.5 Å². The third kappa shape index (κ3) is 3.52. The number of ether oxygens (including phenoxy) is 3. The largest absolute Gasteiger partial charge is 0.493 e. The molecular weight excluding hydrogens is 278 g/mol. The summed E-state index contributed by atoms with van der Waals surface area (Å²) < 4.78 is 16.2. The quantitative estimate of drug-likeness (QED) is 0.849. The van der Waals surface area contributed by atoms with Gasteiger partial charge in [0.15, 0.2) is 11.5 Å². The van der Waals surface area contributed by atoms with Crippen LogP contribution in [0.1, 0.15) is 24.1 Å². The Bertz CT molecular complexity index is 599. The normalized spacial score (nSPS) is 11.8. The summed E-state index contributed by atoms with van der Waals surface area (Å²) in [7, 11) is 4.87. The fraction of sp³-hybridized carbons (Fsp3) is 0.333. The van der Waals surface area contributed by atoms with E-state index in [9.17, 15) is 0 Å². The Labute approximate surface area is 132 Å². The van der Waals surface area contributed by atoms with Crippen LogP contribution in [0.2, 0.25) is 0 Å². The second-order valence-electron chi connectivity index (χ2n) is 5.01. The molecule has 0 amide bonds. The van der Waals surface area contributed by atoms with Crippen LogP contribution in [0.25, 0.3) is 0 Å². The molecule has 0 heterocycles. The molecule has 0 aliphatic heterocycles. The lowest BCUT2D eigenvalue weighted by molar-refractivity contribution is 0.321. The van der Waals surface area contributed by atoms with Gasteiger partial charge in [-0.25, -0.2) is 0 Å². The molecule has 0 saturated carbocycles. The van der Waals surface area contributed by atoms with Crippen LogP contribution in [-0.4, -0.2) is 21.3 Å². The van der Waals surface area contributed by atoms with Gasteiger partial charge in [0, 0.05) is 18.2 Å². The fourth-order valence-electron chi connectivity index (χ4n) is 2.43. The van der Waals surface area contributed by atoms with Gasteiger partial charge in [0.1, 0.15) is 0 Å². The van der Waals surface area contributed by atoms with Crippen molar-refractivity contribution in [1.82, 2.24) is 5.32 Å². The molecule has 22 heavy (non-hydrogen) atoms. The molecule has 0 aliphatic carbocycles. The van der Waals surface area contributed by atoms with E-state index in [1.54, 1.807) is 21.3 Å². The predicted molar refractivity (Wildman–Crippen MR) is 87.8 cm³/mol. The summed E-state index contributed by atoms with van der Waals surface area (Å²) in [5.74, 6) is 1.99. The Morgan fingerprint density at radius 3 is 2.14 bits per heavy atom. The van der Waals surface area contributed by atoms with Crippen LogP contribution < -0.4 is 19.5 Å². The molecule has 4 nitrogen and oxygen atoms in total. The van der Waals surface area contributed by atoms with Crippen LogP contribution in [0.4, 0.5) is 0 Å². The minimum atomic E-state index is 0.249. The van der Waals surface area contributed by atoms with Crippen LogP contribution in [0, 0.1) is 0 Å². The lowest BCUT2D eigenvalue weighted by Crippen LogP contribution is -2.18. The third-order valence-electron chi connectivity index (χ3n) is 3.68. The first-order chi connectivity index (χ1) is 10.7. The number of benzene rings is 2. The maximum Gasteiger partial charge on any atom is 0.203 e. The molecular formula is C18H23NO3. The average Bonchev–Trinajstić information content (AvgIpc) is 2.59. The molecule has 2 aromatic carbocycles. The zero-order valence-corrected chi connectivity index (χ0v) is 13.6. The standard InChI is InChI=1S/C18H23NO3/c1-13(14-8-6-5-7-9-14)19-12-15-10-11-16(20-2)18(22-4)17(15)21-3/h5-11,13,19H,12H2,1-4H3/t13-/m0/s1. The molecule has 0 bridgehead atoms. The molecule has 4 heteroatoms. The summed E-state index contributed by atoms with van der Waals surface area (Å²) >= 11 is 0. The zero-order chi connectivity index (χ0) is 15.9. The van der Waals surface area contributed by atoms with E-state index in [0.29, 0.717) is 23.8 Å². The summed E-state index contributed by atoms with van der Waals surface area (Å²) in [6.07, 6.45) is 0. The second-order valence-corrected chi connectivity index (χ2v) is 5.01. The van der Waals surface area contributed by atoms with E-state index in [1.807, 2.05) is 30.3 Å². The molecule has 0 saturated heterocycles. The van der Waals surface area contributed by atoms with E-state index in [4.69, 9.17) is 14.2 Å². The second kappa shape index (κ2) is 7.71. The van der Waals surface area contributed by atoms with E-state index >= 15 is 0 Å². The highest BCUT2D eigenvalue weighted by Crippen LogP contribution is 2.39. The maximum atomic E-state index is 5.50. The fourth-order valence-corrected chi connectivity index (χ4v) is 2.43. The molecule has 0 fully saturated rings. The van der Waals surface area contributed by atoms with E-state index in [1.165, 1.54) is 5.56 Å². The van der Waals surface area contributed by atoms with Gasteiger partial charge in [0.25, 0.3) is 0 Å². The van der Waals surface area contributed by atoms with E-state index < -0.39 is 0 Å². The Balaban J connectivity index is 2.16. The molecule has 1 atom stereocenters. The van der Waals surface area contributed by atoms with Crippen LogP contribution >= 0.6 is 0 Å². The first-order valence-electron chi connectivity index (χ1n) is 7.27. The van der Waals surface area contributed by atoms with Crippen molar-refractivity contribution in [1.29, 1.82) is 0 Å². The first-order valence-corrected chi connectivity index (χ1v) is 7.27. The summed E-state index contributed by atoms with van der Waals surface area (Å²) in [4.78, 5) is 0. The molecule has 0 aromatic heterocycles. The highest BCUT2D eigenvalue weighted by atomic mass is 16.5. The summed E-state index contributed by atoms with van der Waals surface area (Å²) in [5, 5.41) is 3.50. The highest BCUT2D eigenvalue weighted by molar-refractivity contribution is 5.55. The summed E-state index contributed by atoms with van der Waals surface area (Å²) in [6, 6.07) is 14.5. The Hall–Kier alpha value is -2.20. The van der Waals surface area contributed by atoms with Crippen molar-refractivity contribution in [3.05, 3.63) is 53.6 Å². The Kier molecular flexibility index (Phi) is 5.67. The van der Waals surface area contributed by atoms with Gasteiger partial charge in [0.05, 0.1) is 21.3 Å². The number of nitrogens with one attached hydrogen (secondary N) is 1.